The first-order valence-electron chi connectivity index (χ1n) is 8.78. The zero-order valence-electron chi connectivity index (χ0n) is 15.7. The van der Waals surface area contributed by atoms with Crippen LogP contribution in [0.4, 0.5) is 0 Å². The lowest BCUT2D eigenvalue weighted by molar-refractivity contribution is -0.134. The predicted molar refractivity (Wildman–Crippen MR) is 113 cm³/mol. The summed E-state index contributed by atoms with van der Waals surface area (Å²) >= 11 is 9.53. The molecule has 0 saturated carbocycles. The van der Waals surface area contributed by atoms with Crippen molar-refractivity contribution in [3.8, 4) is 11.5 Å². The van der Waals surface area contributed by atoms with E-state index in [1.54, 1.807) is 42.5 Å². The number of hydrogen-bond donors (Lipinski definition) is 0. The average molecular weight is 479 g/mol. The SMILES string of the molecule is CCCC(=O)Oc1c(Br)cc(/C=C2\N=C(c3ccccc3Cl)OC2=O)cc1OC. The van der Waals surface area contributed by atoms with Crippen LogP contribution in [0, 0.1) is 0 Å². The molecule has 0 spiro atoms. The highest BCUT2D eigenvalue weighted by atomic mass is 79.9. The van der Waals surface area contributed by atoms with Crippen LogP contribution in [0.3, 0.4) is 0 Å². The lowest BCUT2D eigenvalue weighted by Gasteiger charge is -2.12. The molecule has 2 aromatic rings. The largest absolute Gasteiger partial charge is 0.493 e. The zero-order chi connectivity index (χ0) is 21.0. The van der Waals surface area contributed by atoms with Crippen LogP contribution in [-0.2, 0) is 14.3 Å². The van der Waals surface area contributed by atoms with Gasteiger partial charge in [-0.2, -0.15) is 0 Å². The Bertz CT molecular complexity index is 1030. The van der Waals surface area contributed by atoms with E-state index in [-0.39, 0.29) is 23.3 Å². The van der Waals surface area contributed by atoms with Crippen molar-refractivity contribution in [1.82, 2.24) is 0 Å². The van der Waals surface area contributed by atoms with Crippen LogP contribution in [0.2, 0.25) is 5.02 Å². The molecule has 1 heterocycles. The highest BCUT2D eigenvalue weighted by molar-refractivity contribution is 9.10. The van der Waals surface area contributed by atoms with Crippen molar-refractivity contribution in [1.29, 1.82) is 0 Å². The second kappa shape index (κ2) is 9.24. The van der Waals surface area contributed by atoms with E-state index in [0.717, 1.165) is 0 Å². The number of carbonyl (C=O) groups is 2. The Labute approximate surface area is 181 Å². The molecule has 0 amide bonds. The molecule has 2 aromatic carbocycles. The molecule has 29 heavy (non-hydrogen) atoms. The number of methoxy groups -OCH3 is 1. The van der Waals surface area contributed by atoms with Crippen LogP contribution in [0.1, 0.15) is 30.9 Å². The van der Waals surface area contributed by atoms with Gasteiger partial charge in [0.05, 0.1) is 22.2 Å². The fourth-order valence-corrected chi connectivity index (χ4v) is 3.37. The molecule has 0 aromatic heterocycles. The van der Waals surface area contributed by atoms with Gasteiger partial charge < -0.3 is 14.2 Å². The van der Waals surface area contributed by atoms with Crippen molar-refractivity contribution in [2.45, 2.75) is 19.8 Å². The molecule has 1 aliphatic heterocycles. The standard InChI is InChI=1S/C21H17BrClNO5/c1-3-6-18(25)28-19-14(22)9-12(11-17(19)27-2)10-16-21(26)29-20(24-16)13-7-4-5-8-15(13)23/h4-5,7-11H,3,6H2,1-2H3/b16-10-. The third-order valence-electron chi connectivity index (χ3n) is 3.95. The van der Waals surface area contributed by atoms with E-state index < -0.39 is 5.97 Å². The number of benzene rings is 2. The molecule has 3 rings (SSSR count). The maximum Gasteiger partial charge on any atom is 0.363 e. The van der Waals surface area contributed by atoms with Crippen LogP contribution in [0.5, 0.6) is 11.5 Å². The summed E-state index contributed by atoms with van der Waals surface area (Å²) < 4.78 is 16.5. The van der Waals surface area contributed by atoms with E-state index in [2.05, 4.69) is 20.9 Å². The van der Waals surface area contributed by atoms with Gasteiger partial charge in [0.25, 0.3) is 0 Å². The van der Waals surface area contributed by atoms with Crippen LogP contribution in [0.15, 0.2) is 51.6 Å². The van der Waals surface area contributed by atoms with Gasteiger partial charge in [0, 0.05) is 6.42 Å². The summed E-state index contributed by atoms with van der Waals surface area (Å²) in [5.74, 6) is -0.179. The summed E-state index contributed by atoms with van der Waals surface area (Å²) in [7, 11) is 1.47. The van der Waals surface area contributed by atoms with Gasteiger partial charge in [-0.1, -0.05) is 30.7 Å². The first-order chi connectivity index (χ1) is 13.9. The molecule has 0 atom stereocenters. The maximum atomic E-state index is 12.2. The first kappa shape index (κ1) is 21.1. The molecule has 0 saturated heterocycles. The topological polar surface area (TPSA) is 74.2 Å². The van der Waals surface area contributed by atoms with Gasteiger partial charge in [0.1, 0.15) is 0 Å². The molecule has 1 aliphatic rings. The highest BCUT2D eigenvalue weighted by Gasteiger charge is 2.26. The summed E-state index contributed by atoms with van der Waals surface area (Å²) in [6.07, 6.45) is 2.53. The second-order valence-corrected chi connectivity index (χ2v) is 7.34. The van der Waals surface area contributed by atoms with Gasteiger partial charge in [0.2, 0.25) is 5.90 Å². The Hall–Kier alpha value is -2.64. The van der Waals surface area contributed by atoms with Crippen molar-refractivity contribution >= 4 is 51.4 Å². The smallest absolute Gasteiger partial charge is 0.363 e. The first-order valence-corrected chi connectivity index (χ1v) is 9.95. The summed E-state index contributed by atoms with van der Waals surface area (Å²) in [5.41, 5.74) is 1.26. The molecular formula is C21H17BrClNO5. The number of aliphatic imine (C=N–C) groups is 1. The van der Waals surface area contributed by atoms with E-state index >= 15 is 0 Å². The molecule has 0 bridgehead atoms. The number of nitrogens with zero attached hydrogens (tertiary/aromatic N) is 1. The van der Waals surface area contributed by atoms with Crippen LogP contribution < -0.4 is 9.47 Å². The van der Waals surface area contributed by atoms with E-state index in [1.165, 1.54) is 7.11 Å². The van der Waals surface area contributed by atoms with Crippen LogP contribution >= 0.6 is 27.5 Å². The summed E-state index contributed by atoms with van der Waals surface area (Å²) in [6, 6.07) is 10.3. The third-order valence-corrected chi connectivity index (χ3v) is 4.87. The minimum atomic E-state index is -0.589. The summed E-state index contributed by atoms with van der Waals surface area (Å²) in [4.78, 5) is 28.3. The Kier molecular flexibility index (Phi) is 6.71. The summed E-state index contributed by atoms with van der Waals surface area (Å²) in [5, 5.41) is 0.433. The van der Waals surface area contributed by atoms with Gasteiger partial charge in [-0.15, -0.1) is 0 Å². The van der Waals surface area contributed by atoms with Gasteiger partial charge in [-0.05, 0) is 58.3 Å². The van der Waals surface area contributed by atoms with Gasteiger partial charge in [-0.3, -0.25) is 4.79 Å². The van der Waals surface area contributed by atoms with Gasteiger partial charge in [0.15, 0.2) is 17.2 Å². The Balaban J connectivity index is 1.94. The molecule has 0 radical (unpaired) electrons. The Morgan fingerprint density at radius 1 is 1.31 bits per heavy atom. The number of carbonyl (C=O) groups excluding carboxylic acids is 2. The maximum absolute atomic E-state index is 12.2. The lowest BCUT2D eigenvalue weighted by atomic mass is 10.1. The number of halogens is 2. The number of ether oxygens (including phenoxy) is 3. The number of rotatable bonds is 6. The van der Waals surface area contributed by atoms with Crippen LogP contribution in [-0.4, -0.2) is 24.9 Å². The van der Waals surface area contributed by atoms with E-state index in [9.17, 15) is 9.59 Å². The Morgan fingerprint density at radius 3 is 2.76 bits per heavy atom. The van der Waals surface area contributed by atoms with Crippen LogP contribution in [0.25, 0.3) is 6.08 Å². The summed E-state index contributed by atoms with van der Waals surface area (Å²) in [6.45, 7) is 1.89. The fraction of sp³-hybridized carbons (Fsp3) is 0.190. The van der Waals surface area contributed by atoms with Crippen molar-refractivity contribution in [2.24, 2.45) is 4.99 Å². The van der Waals surface area contributed by atoms with Crippen molar-refractivity contribution in [3.05, 3.63) is 62.7 Å². The minimum Gasteiger partial charge on any atom is -0.493 e. The predicted octanol–water partition coefficient (Wildman–Crippen LogP) is 5.16. The van der Waals surface area contributed by atoms with Gasteiger partial charge >= 0.3 is 11.9 Å². The van der Waals surface area contributed by atoms with E-state index in [0.29, 0.717) is 39.2 Å². The molecule has 0 aliphatic carbocycles. The number of esters is 2. The van der Waals surface area contributed by atoms with Gasteiger partial charge in [-0.25, -0.2) is 9.79 Å². The number of cyclic esters (lactones) is 1. The molecule has 150 valence electrons. The molecule has 0 unspecified atom stereocenters. The lowest BCUT2D eigenvalue weighted by Crippen LogP contribution is -2.08. The quantitative estimate of drug-likeness (QED) is 0.326. The van der Waals surface area contributed by atoms with E-state index in [1.807, 2.05) is 6.92 Å². The fourth-order valence-electron chi connectivity index (χ4n) is 2.61. The minimum absolute atomic E-state index is 0.115. The zero-order valence-corrected chi connectivity index (χ0v) is 18.0. The third kappa shape index (κ3) is 4.86. The molecule has 8 heteroatoms. The normalized spacial score (nSPS) is 14.6. The molecule has 0 N–H and O–H groups in total. The molecule has 6 nitrogen and oxygen atoms in total. The van der Waals surface area contributed by atoms with E-state index in [4.69, 9.17) is 25.8 Å². The average Bonchev–Trinajstić information content (AvgIpc) is 3.04. The molecular weight excluding hydrogens is 462 g/mol. The highest BCUT2D eigenvalue weighted by Crippen LogP contribution is 2.38. The Morgan fingerprint density at radius 2 is 2.07 bits per heavy atom. The van der Waals surface area contributed by atoms with Crippen molar-refractivity contribution in [2.75, 3.05) is 7.11 Å². The van der Waals surface area contributed by atoms with Crippen molar-refractivity contribution in [3.63, 3.8) is 0 Å². The second-order valence-electron chi connectivity index (χ2n) is 6.07. The number of hydrogen-bond acceptors (Lipinski definition) is 6. The molecule has 0 fully saturated rings. The van der Waals surface area contributed by atoms with Crippen molar-refractivity contribution < 1.29 is 23.8 Å². The monoisotopic (exact) mass is 477 g/mol.